The van der Waals surface area contributed by atoms with Crippen LogP contribution in [0.4, 0.5) is 0 Å². The molecule has 0 radical (unpaired) electrons. The Balaban J connectivity index is 1.91. The number of carbonyl (C=O) groups is 1. The van der Waals surface area contributed by atoms with Crippen LogP contribution in [0, 0.1) is 6.92 Å². The van der Waals surface area contributed by atoms with E-state index in [1.807, 2.05) is 31.2 Å². The minimum Gasteiger partial charge on any atom is -0.494 e. The van der Waals surface area contributed by atoms with E-state index in [4.69, 9.17) is 4.74 Å². The number of ketones is 1. The highest BCUT2D eigenvalue weighted by atomic mass is 16.5. The van der Waals surface area contributed by atoms with Crippen LogP contribution in [0.2, 0.25) is 0 Å². The Morgan fingerprint density at radius 2 is 2.04 bits per heavy atom. The van der Waals surface area contributed by atoms with Gasteiger partial charge in [-0.3, -0.25) is 9.78 Å². The number of pyridine rings is 1. The summed E-state index contributed by atoms with van der Waals surface area (Å²) in [5.41, 5.74) is 3.70. The average molecular weight is 320 g/mol. The fraction of sp³-hybridized carbons (Fsp3) is 0.200. The Hall–Kier alpha value is -2.88. The van der Waals surface area contributed by atoms with E-state index >= 15 is 0 Å². The number of benzene rings is 1. The van der Waals surface area contributed by atoms with Crippen molar-refractivity contribution in [1.82, 2.24) is 9.97 Å². The molecule has 2 aromatic heterocycles. The summed E-state index contributed by atoms with van der Waals surface area (Å²) in [5, 5.41) is 1.06. The fourth-order valence-corrected chi connectivity index (χ4v) is 2.62. The normalized spacial score (nSPS) is 11.2. The molecule has 0 unspecified atom stereocenters. The van der Waals surface area contributed by atoms with Crippen molar-refractivity contribution in [2.24, 2.45) is 0 Å². The predicted molar refractivity (Wildman–Crippen MR) is 96.4 cm³/mol. The van der Waals surface area contributed by atoms with Crippen molar-refractivity contribution in [3.05, 3.63) is 65.6 Å². The highest BCUT2D eigenvalue weighted by Crippen LogP contribution is 2.27. The van der Waals surface area contributed by atoms with Crippen molar-refractivity contribution >= 4 is 22.8 Å². The third-order valence-electron chi connectivity index (χ3n) is 3.85. The number of ether oxygens (including phenoxy) is 1. The molecule has 0 aliphatic rings. The third-order valence-corrected chi connectivity index (χ3v) is 3.85. The second-order valence-corrected chi connectivity index (χ2v) is 5.65. The van der Waals surface area contributed by atoms with Crippen LogP contribution in [0.5, 0.6) is 5.75 Å². The maximum Gasteiger partial charge on any atom is 0.185 e. The van der Waals surface area contributed by atoms with Gasteiger partial charge in [0.2, 0.25) is 0 Å². The summed E-state index contributed by atoms with van der Waals surface area (Å²) in [4.78, 5) is 19.5. The lowest BCUT2D eigenvalue weighted by molar-refractivity contribution is 0.104. The van der Waals surface area contributed by atoms with Gasteiger partial charge in [0.05, 0.1) is 6.61 Å². The van der Waals surface area contributed by atoms with Gasteiger partial charge in [-0.1, -0.05) is 6.92 Å². The zero-order chi connectivity index (χ0) is 16.9. The maximum atomic E-state index is 12.2. The van der Waals surface area contributed by atoms with Gasteiger partial charge in [0.25, 0.3) is 0 Å². The molecule has 0 aliphatic heterocycles. The zero-order valence-corrected chi connectivity index (χ0v) is 13.9. The molecule has 0 fully saturated rings. The number of aryl methyl sites for hydroxylation is 1. The molecule has 0 saturated carbocycles. The first kappa shape index (κ1) is 16.0. The summed E-state index contributed by atoms with van der Waals surface area (Å²) in [6.45, 7) is 4.78. The molecule has 1 N–H and O–H groups in total. The van der Waals surface area contributed by atoms with Gasteiger partial charge in [0, 0.05) is 40.1 Å². The molecule has 0 spiro atoms. The standard InChI is InChI=1S/C20H20N2O2/c1-3-12-24-16-4-6-19-18(13-16)17(14(2)22-19)5-7-20(23)15-8-10-21-11-9-15/h4-11,13,22H,3,12H2,1-2H3/b7-5+. The second-order valence-electron chi connectivity index (χ2n) is 5.65. The third kappa shape index (κ3) is 3.38. The molecule has 4 heteroatoms. The van der Waals surface area contributed by atoms with Crippen LogP contribution in [0.3, 0.4) is 0 Å². The molecule has 0 amide bonds. The fourth-order valence-electron chi connectivity index (χ4n) is 2.62. The van der Waals surface area contributed by atoms with Crippen molar-refractivity contribution < 1.29 is 9.53 Å². The Bertz CT molecular complexity index is 879. The number of nitrogens with zero attached hydrogens (tertiary/aromatic N) is 1. The highest BCUT2D eigenvalue weighted by molar-refractivity contribution is 6.08. The number of hydrogen-bond donors (Lipinski definition) is 1. The van der Waals surface area contributed by atoms with Crippen molar-refractivity contribution in [3.8, 4) is 5.75 Å². The van der Waals surface area contributed by atoms with E-state index in [-0.39, 0.29) is 5.78 Å². The summed E-state index contributed by atoms with van der Waals surface area (Å²) in [7, 11) is 0. The second kappa shape index (κ2) is 7.13. The van der Waals surface area contributed by atoms with E-state index in [0.717, 1.165) is 34.3 Å². The van der Waals surface area contributed by atoms with E-state index in [1.165, 1.54) is 0 Å². The van der Waals surface area contributed by atoms with Crippen LogP contribution in [-0.2, 0) is 0 Å². The minimum atomic E-state index is -0.0375. The van der Waals surface area contributed by atoms with Gasteiger partial charge in [-0.15, -0.1) is 0 Å². The molecule has 3 aromatic rings. The van der Waals surface area contributed by atoms with Crippen molar-refractivity contribution in [1.29, 1.82) is 0 Å². The van der Waals surface area contributed by atoms with Crippen LogP contribution in [0.15, 0.2) is 48.8 Å². The molecular formula is C20H20N2O2. The predicted octanol–water partition coefficient (Wildman–Crippen LogP) is 4.56. The number of rotatable bonds is 6. The van der Waals surface area contributed by atoms with Crippen LogP contribution in [-0.4, -0.2) is 22.4 Å². The summed E-state index contributed by atoms with van der Waals surface area (Å²) in [6.07, 6.45) is 7.67. The smallest absolute Gasteiger partial charge is 0.185 e. The van der Waals surface area contributed by atoms with Gasteiger partial charge in [0.1, 0.15) is 5.75 Å². The maximum absolute atomic E-state index is 12.2. The van der Waals surface area contributed by atoms with Crippen LogP contribution in [0.25, 0.3) is 17.0 Å². The largest absolute Gasteiger partial charge is 0.494 e. The quantitative estimate of drug-likeness (QED) is 0.535. The van der Waals surface area contributed by atoms with Gasteiger partial charge in [-0.25, -0.2) is 0 Å². The van der Waals surface area contributed by atoms with E-state index < -0.39 is 0 Å². The SMILES string of the molecule is CCCOc1ccc2[nH]c(C)c(/C=C/C(=O)c3ccncc3)c2c1. The number of allylic oxidation sites excluding steroid dienone is 1. The zero-order valence-electron chi connectivity index (χ0n) is 13.9. The molecule has 0 aliphatic carbocycles. The number of aromatic nitrogens is 2. The van der Waals surface area contributed by atoms with Gasteiger partial charge in [-0.2, -0.15) is 0 Å². The first-order chi connectivity index (χ1) is 11.7. The minimum absolute atomic E-state index is 0.0375. The number of hydrogen-bond acceptors (Lipinski definition) is 3. The van der Waals surface area contributed by atoms with Crippen molar-refractivity contribution in [3.63, 3.8) is 0 Å². The molecule has 0 atom stereocenters. The lowest BCUT2D eigenvalue weighted by Crippen LogP contribution is -1.94. The number of fused-ring (bicyclic) bond motifs is 1. The number of aromatic amines is 1. The number of carbonyl (C=O) groups excluding carboxylic acids is 1. The summed E-state index contributed by atoms with van der Waals surface area (Å²) >= 11 is 0. The molecule has 0 bridgehead atoms. The van der Waals surface area contributed by atoms with Crippen LogP contribution >= 0.6 is 0 Å². The molecular weight excluding hydrogens is 300 g/mol. The lowest BCUT2D eigenvalue weighted by Gasteiger charge is -2.04. The molecule has 3 rings (SSSR count). The van der Waals surface area contributed by atoms with Gasteiger partial charge < -0.3 is 9.72 Å². The molecule has 122 valence electrons. The van der Waals surface area contributed by atoms with E-state index in [1.54, 1.807) is 30.6 Å². The lowest BCUT2D eigenvalue weighted by atomic mass is 10.1. The average Bonchev–Trinajstić information content (AvgIpc) is 2.93. The van der Waals surface area contributed by atoms with E-state index in [0.29, 0.717) is 12.2 Å². The highest BCUT2D eigenvalue weighted by Gasteiger charge is 2.08. The van der Waals surface area contributed by atoms with Gasteiger partial charge in [0.15, 0.2) is 5.78 Å². The van der Waals surface area contributed by atoms with Crippen LogP contribution < -0.4 is 4.74 Å². The molecule has 24 heavy (non-hydrogen) atoms. The monoisotopic (exact) mass is 320 g/mol. The topological polar surface area (TPSA) is 55.0 Å². The van der Waals surface area contributed by atoms with Crippen LogP contribution in [0.1, 0.15) is 35.0 Å². The van der Waals surface area contributed by atoms with Gasteiger partial charge >= 0.3 is 0 Å². The number of H-pyrrole nitrogens is 1. The molecule has 0 saturated heterocycles. The Morgan fingerprint density at radius 1 is 1.25 bits per heavy atom. The molecule has 1 aromatic carbocycles. The Labute approximate surface area is 141 Å². The molecule has 2 heterocycles. The molecule has 4 nitrogen and oxygen atoms in total. The Kier molecular flexibility index (Phi) is 4.75. The van der Waals surface area contributed by atoms with Gasteiger partial charge in [-0.05, 0) is 55.8 Å². The first-order valence-electron chi connectivity index (χ1n) is 8.06. The van der Waals surface area contributed by atoms with E-state index in [9.17, 15) is 4.79 Å². The summed E-state index contributed by atoms with van der Waals surface area (Å²) in [5.74, 6) is 0.808. The first-order valence-corrected chi connectivity index (χ1v) is 8.06. The summed E-state index contributed by atoms with van der Waals surface area (Å²) in [6, 6.07) is 9.42. The summed E-state index contributed by atoms with van der Waals surface area (Å²) < 4.78 is 5.71. The number of nitrogens with one attached hydrogen (secondary N) is 1. The van der Waals surface area contributed by atoms with Crippen molar-refractivity contribution in [2.75, 3.05) is 6.61 Å². The Morgan fingerprint density at radius 3 is 2.79 bits per heavy atom. The van der Waals surface area contributed by atoms with E-state index in [2.05, 4.69) is 16.9 Å². The van der Waals surface area contributed by atoms with Crippen molar-refractivity contribution in [2.45, 2.75) is 20.3 Å².